The van der Waals surface area contributed by atoms with E-state index in [4.69, 9.17) is 4.99 Å². The number of fused-ring (bicyclic) bond motifs is 7. The third-order valence-corrected chi connectivity index (χ3v) is 13.4. The van der Waals surface area contributed by atoms with E-state index in [-0.39, 0.29) is 17.0 Å². The van der Waals surface area contributed by atoms with Crippen LogP contribution in [0.1, 0.15) is 72.8 Å². The predicted octanol–water partition coefficient (Wildman–Crippen LogP) is 14.4. The number of anilines is 4. The number of hydrogen-bond acceptors (Lipinski definition) is 3. The van der Waals surface area contributed by atoms with E-state index in [1.807, 2.05) is 0 Å². The lowest BCUT2D eigenvalue weighted by Gasteiger charge is -2.40. The lowest BCUT2D eigenvalue weighted by molar-refractivity contribution is 0.635. The Morgan fingerprint density at radius 3 is 1.45 bits per heavy atom. The van der Waals surface area contributed by atoms with Gasteiger partial charge in [0.15, 0.2) is 0 Å². The Labute approximate surface area is 354 Å². The van der Waals surface area contributed by atoms with E-state index in [9.17, 15) is 0 Å². The van der Waals surface area contributed by atoms with E-state index in [2.05, 4.69) is 233 Å². The normalized spacial score (nSPS) is 16.2. The molecule has 1 atom stereocenters. The number of benzene rings is 8. The fraction of sp³-hybridized carbons (Fsp3) is 0.140. The molecule has 0 saturated heterocycles. The lowest BCUT2D eigenvalue weighted by Crippen LogP contribution is -2.32. The van der Waals surface area contributed by atoms with Crippen LogP contribution in [0.15, 0.2) is 193 Å². The van der Waals surface area contributed by atoms with E-state index in [0.29, 0.717) is 0 Å². The van der Waals surface area contributed by atoms with Crippen molar-refractivity contribution >= 4 is 28.5 Å². The third-order valence-electron chi connectivity index (χ3n) is 13.4. The second kappa shape index (κ2) is 13.5. The fourth-order valence-electron chi connectivity index (χ4n) is 10.7. The summed E-state index contributed by atoms with van der Waals surface area (Å²) in [6.07, 6.45) is -0.300. The van der Waals surface area contributed by atoms with Gasteiger partial charge < -0.3 is 9.80 Å². The van der Waals surface area contributed by atoms with Crippen LogP contribution in [0.25, 0.3) is 33.4 Å². The molecule has 3 nitrogen and oxygen atoms in total. The minimum atomic E-state index is -0.343. The molecule has 2 aliphatic carbocycles. The second-order valence-electron chi connectivity index (χ2n) is 17.5. The van der Waals surface area contributed by atoms with Crippen molar-refractivity contribution in [2.24, 2.45) is 4.99 Å². The molecule has 8 aromatic rings. The quantitative estimate of drug-likeness (QED) is 0.168. The number of hydrogen-bond donors (Lipinski definition) is 0. The van der Waals surface area contributed by atoms with Gasteiger partial charge in [0.05, 0.1) is 11.4 Å². The van der Waals surface area contributed by atoms with Crippen molar-refractivity contribution < 1.29 is 0 Å². The Kier molecular flexibility index (Phi) is 8.16. The minimum absolute atomic E-state index is 0.300. The number of nitrogens with zero attached hydrogens (tertiary/aromatic N) is 3. The summed E-state index contributed by atoms with van der Waals surface area (Å²) in [7, 11) is 2.24. The van der Waals surface area contributed by atoms with Crippen LogP contribution < -0.4 is 9.80 Å². The van der Waals surface area contributed by atoms with Gasteiger partial charge in [0.25, 0.3) is 0 Å². The highest BCUT2D eigenvalue weighted by atomic mass is 15.2. The average Bonchev–Trinajstić information content (AvgIpc) is 3.68. The first-order chi connectivity index (χ1) is 29.2. The van der Waals surface area contributed by atoms with Crippen LogP contribution in [0.4, 0.5) is 22.7 Å². The van der Waals surface area contributed by atoms with Crippen molar-refractivity contribution in [3.8, 4) is 33.4 Å². The fourth-order valence-corrected chi connectivity index (χ4v) is 10.7. The molecule has 1 unspecified atom stereocenters. The molecule has 290 valence electrons. The van der Waals surface area contributed by atoms with Crippen LogP contribution in [-0.2, 0) is 10.8 Å². The first-order valence-corrected chi connectivity index (χ1v) is 21.2. The van der Waals surface area contributed by atoms with Gasteiger partial charge in [0.2, 0.25) is 0 Å². The monoisotopic (exact) mass is 773 g/mol. The van der Waals surface area contributed by atoms with Crippen LogP contribution in [0.2, 0.25) is 0 Å². The molecule has 3 aliphatic rings. The van der Waals surface area contributed by atoms with E-state index in [0.717, 1.165) is 28.2 Å². The summed E-state index contributed by atoms with van der Waals surface area (Å²) in [5.41, 5.74) is 21.6. The molecule has 60 heavy (non-hydrogen) atoms. The molecule has 1 heterocycles. The van der Waals surface area contributed by atoms with Crippen LogP contribution in [-0.4, -0.2) is 12.8 Å². The van der Waals surface area contributed by atoms with Gasteiger partial charge in [0, 0.05) is 51.6 Å². The molecule has 0 N–H and O–H groups in total. The zero-order valence-corrected chi connectivity index (χ0v) is 34.8. The Bertz CT molecular complexity index is 2890. The van der Waals surface area contributed by atoms with E-state index in [1.54, 1.807) is 0 Å². The summed E-state index contributed by atoms with van der Waals surface area (Å²) < 4.78 is 0. The van der Waals surface area contributed by atoms with Crippen molar-refractivity contribution in [3.05, 3.63) is 227 Å². The van der Waals surface area contributed by atoms with Crippen LogP contribution in [0.3, 0.4) is 0 Å². The minimum Gasteiger partial charge on any atom is -0.349 e. The first kappa shape index (κ1) is 36.1. The molecular weight excluding hydrogens is 727 g/mol. The maximum atomic E-state index is 5.90. The highest BCUT2D eigenvalue weighted by Crippen LogP contribution is 2.65. The van der Waals surface area contributed by atoms with Crippen molar-refractivity contribution in [1.82, 2.24) is 0 Å². The van der Waals surface area contributed by atoms with Crippen molar-refractivity contribution in [2.75, 3.05) is 16.8 Å². The summed E-state index contributed by atoms with van der Waals surface area (Å²) in [5.74, 6) is 0. The maximum absolute atomic E-state index is 5.90. The van der Waals surface area contributed by atoms with Crippen LogP contribution in [0.5, 0.6) is 0 Å². The van der Waals surface area contributed by atoms with Gasteiger partial charge in [-0.15, -0.1) is 0 Å². The third kappa shape index (κ3) is 5.25. The molecule has 11 rings (SSSR count). The Balaban J connectivity index is 1.29. The summed E-state index contributed by atoms with van der Waals surface area (Å²) >= 11 is 0. The summed E-state index contributed by atoms with van der Waals surface area (Å²) in [4.78, 5) is 10.9. The van der Waals surface area contributed by atoms with Gasteiger partial charge in [-0.25, -0.2) is 0 Å². The molecule has 8 aromatic carbocycles. The standard InChI is InChI=1S/C57H47N3/c1-56(2)45-30-18-15-27-42(45)48-50(55-58-53(39-23-11-7-12-24-39)44-29-17-20-32-47(44)59(55)5)49-43-28-16-19-31-46(43)57(3,4)52(49)54(51(48)56)60(40-25-13-8-14-26-40)41-35-33-38(34-36-41)37-21-9-6-10-22-37/h6-36,55H,1-5H3. The van der Waals surface area contributed by atoms with Gasteiger partial charge in [-0.2, -0.15) is 0 Å². The van der Waals surface area contributed by atoms with E-state index >= 15 is 0 Å². The molecule has 0 radical (unpaired) electrons. The largest absolute Gasteiger partial charge is 0.349 e. The number of aliphatic imine (C=N–C) groups is 1. The molecular formula is C57H47N3. The topological polar surface area (TPSA) is 18.8 Å². The van der Waals surface area contributed by atoms with Crippen molar-refractivity contribution in [3.63, 3.8) is 0 Å². The molecule has 0 saturated carbocycles. The molecule has 0 aromatic heterocycles. The lowest BCUT2D eigenvalue weighted by atomic mass is 9.74. The van der Waals surface area contributed by atoms with Gasteiger partial charge in [-0.05, 0) is 86.0 Å². The van der Waals surface area contributed by atoms with Crippen molar-refractivity contribution in [2.45, 2.75) is 44.7 Å². The number of para-hydroxylation sites is 2. The molecule has 3 heteroatoms. The average molecular weight is 774 g/mol. The molecule has 0 fully saturated rings. The summed E-state index contributed by atoms with van der Waals surface area (Å²) in [6, 6.07) is 68.7. The van der Waals surface area contributed by atoms with Gasteiger partial charge in [0.1, 0.15) is 6.17 Å². The molecule has 1 aliphatic heterocycles. The van der Waals surface area contributed by atoms with E-state index < -0.39 is 0 Å². The molecule has 0 spiro atoms. The van der Waals surface area contributed by atoms with Gasteiger partial charge in [-0.1, -0.05) is 185 Å². The smallest absolute Gasteiger partial charge is 0.148 e. The SMILES string of the molecule is CN1c2ccccc2C(c2ccccc2)=NC1c1c2c(c(N(c3ccccc3)c3ccc(-c4ccccc4)cc3)c3c1-c1ccccc1C3(C)C)C(C)(C)c1ccccc1-2. The Hall–Kier alpha value is -6.97. The molecule has 0 amide bonds. The highest BCUT2D eigenvalue weighted by molar-refractivity contribution is 6.17. The van der Waals surface area contributed by atoms with Gasteiger partial charge >= 0.3 is 0 Å². The maximum Gasteiger partial charge on any atom is 0.148 e. The van der Waals surface area contributed by atoms with Crippen LogP contribution in [0, 0.1) is 0 Å². The van der Waals surface area contributed by atoms with Crippen LogP contribution >= 0.6 is 0 Å². The first-order valence-electron chi connectivity index (χ1n) is 21.2. The second-order valence-corrected chi connectivity index (χ2v) is 17.5. The van der Waals surface area contributed by atoms with Crippen molar-refractivity contribution in [1.29, 1.82) is 0 Å². The Morgan fingerprint density at radius 1 is 0.450 bits per heavy atom. The highest BCUT2D eigenvalue weighted by Gasteiger charge is 2.50. The van der Waals surface area contributed by atoms with Gasteiger partial charge in [-0.3, -0.25) is 4.99 Å². The number of rotatable bonds is 6. The zero-order valence-electron chi connectivity index (χ0n) is 34.8. The summed E-state index contributed by atoms with van der Waals surface area (Å²) in [5, 5.41) is 0. The summed E-state index contributed by atoms with van der Waals surface area (Å²) in [6.45, 7) is 9.75. The predicted molar refractivity (Wildman–Crippen MR) is 251 cm³/mol. The van der Waals surface area contributed by atoms with E-state index in [1.165, 1.54) is 72.6 Å². The Morgan fingerprint density at radius 2 is 0.883 bits per heavy atom. The molecule has 0 bridgehead atoms. The zero-order chi connectivity index (χ0) is 40.8.